The van der Waals surface area contributed by atoms with Crippen LogP contribution in [0.15, 0.2) is 47.5 Å². The van der Waals surface area contributed by atoms with E-state index in [-0.39, 0.29) is 11.9 Å². The van der Waals surface area contributed by atoms with Crippen molar-refractivity contribution >= 4 is 17.8 Å². The third-order valence-electron chi connectivity index (χ3n) is 4.47. The molecule has 0 unspecified atom stereocenters. The highest BCUT2D eigenvalue weighted by molar-refractivity contribution is 5.94. The summed E-state index contributed by atoms with van der Waals surface area (Å²) in [5, 5.41) is 0. The lowest BCUT2D eigenvalue weighted by atomic mass is 9.93. The van der Waals surface area contributed by atoms with Crippen molar-refractivity contribution < 1.29 is 4.79 Å². The molecule has 118 valence electrons. The topological polar surface area (TPSA) is 32.7 Å². The first-order valence-electron chi connectivity index (χ1n) is 8.05. The second-order valence-electron chi connectivity index (χ2n) is 6.13. The summed E-state index contributed by atoms with van der Waals surface area (Å²) in [5.74, 6) is 0.120. The monoisotopic (exact) mass is 306 g/mol. The predicted molar refractivity (Wildman–Crippen MR) is 96.3 cm³/mol. The lowest BCUT2D eigenvalue weighted by Crippen LogP contribution is -2.40. The Kier molecular flexibility index (Phi) is 4.28. The summed E-state index contributed by atoms with van der Waals surface area (Å²) in [6.45, 7) is 3.76. The second kappa shape index (κ2) is 6.37. The number of hydrogen-bond acceptors (Lipinski definition) is 2. The first-order valence-corrected chi connectivity index (χ1v) is 8.05. The molecule has 0 bridgehead atoms. The normalized spacial score (nSPS) is 17.3. The Morgan fingerprint density at radius 1 is 1.17 bits per heavy atom. The number of carbonyl (C=O) groups excluding carboxylic acids is 1. The van der Waals surface area contributed by atoms with Crippen LogP contribution in [0, 0.1) is 0 Å². The zero-order valence-corrected chi connectivity index (χ0v) is 13.9. The van der Waals surface area contributed by atoms with Gasteiger partial charge in [-0.25, -0.2) is 0 Å². The van der Waals surface area contributed by atoms with Gasteiger partial charge in [0.05, 0.1) is 0 Å². The molecule has 0 spiro atoms. The lowest BCUT2D eigenvalue weighted by Gasteiger charge is -2.34. The molecular weight excluding hydrogens is 284 g/mol. The molecular formula is C20H22N2O. The van der Waals surface area contributed by atoms with Crippen molar-refractivity contribution in [3.05, 3.63) is 53.6 Å². The van der Waals surface area contributed by atoms with Gasteiger partial charge in [0.25, 0.3) is 0 Å². The molecule has 0 aromatic heterocycles. The van der Waals surface area contributed by atoms with Gasteiger partial charge in [-0.15, -0.1) is 0 Å². The smallest absolute Gasteiger partial charge is 0.224 e. The molecule has 2 aromatic carbocycles. The van der Waals surface area contributed by atoms with Crippen molar-refractivity contribution in [2.45, 2.75) is 32.7 Å². The Bertz CT molecular complexity index is 747. The molecule has 0 radical (unpaired) electrons. The SMILES string of the molecule is CN=Cc1ccc(-c2ccc3c(c2)CC[C@H](C)N3C(C)=O)cc1. The summed E-state index contributed by atoms with van der Waals surface area (Å²) in [5.41, 5.74) is 5.81. The minimum absolute atomic E-state index is 0.120. The zero-order valence-electron chi connectivity index (χ0n) is 13.9. The van der Waals surface area contributed by atoms with Crippen molar-refractivity contribution in [1.82, 2.24) is 0 Å². The summed E-state index contributed by atoms with van der Waals surface area (Å²) in [4.78, 5) is 17.9. The van der Waals surface area contributed by atoms with Crippen LogP contribution < -0.4 is 4.90 Å². The second-order valence-corrected chi connectivity index (χ2v) is 6.13. The van der Waals surface area contributed by atoms with Gasteiger partial charge in [-0.2, -0.15) is 0 Å². The fourth-order valence-corrected chi connectivity index (χ4v) is 3.32. The van der Waals surface area contributed by atoms with E-state index in [2.05, 4.69) is 54.4 Å². The number of amides is 1. The predicted octanol–water partition coefficient (Wildman–Crippen LogP) is 4.09. The number of carbonyl (C=O) groups is 1. The van der Waals surface area contributed by atoms with Crippen LogP contribution in [0.2, 0.25) is 0 Å². The molecule has 0 fully saturated rings. The fraction of sp³-hybridized carbons (Fsp3) is 0.300. The van der Waals surface area contributed by atoms with Gasteiger partial charge in [0.1, 0.15) is 0 Å². The molecule has 0 saturated heterocycles. The highest BCUT2D eigenvalue weighted by Gasteiger charge is 2.26. The van der Waals surface area contributed by atoms with Crippen molar-refractivity contribution in [3.8, 4) is 11.1 Å². The maximum atomic E-state index is 11.9. The maximum Gasteiger partial charge on any atom is 0.224 e. The van der Waals surface area contributed by atoms with Crippen molar-refractivity contribution in [1.29, 1.82) is 0 Å². The van der Waals surface area contributed by atoms with E-state index in [9.17, 15) is 4.79 Å². The number of aryl methyl sites for hydroxylation is 1. The number of fused-ring (bicyclic) bond motifs is 1. The zero-order chi connectivity index (χ0) is 16.4. The molecule has 1 atom stereocenters. The summed E-state index contributed by atoms with van der Waals surface area (Å²) in [7, 11) is 1.78. The van der Waals surface area contributed by atoms with Gasteiger partial charge in [0, 0.05) is 31.9 Å². The van der Waals surface area contributed by atoms with Gasteiger partial charge in [-0.1, -0.05) is 30.3 Å². The third kappa shape index (κ3) is 3.04. The molecule has 2 aromatic rings. The van der Waals surface area contributed by atoms with Gasteiger partial charge in [-0.05, 0) is 54.2 Å². The van der Waals surface area contributed by atoms with E-state index in [1.165, 1.54) is 16.7 Å². The minimum Gasteiger partial charge on any atom is -0.310 e. The van der Waals surface area contributed by atoms with E-state index < -0.39 is 0 Å². The molecule has 0 saturated carbocycles. The summed E-state index contributed by atoms with van der Waals surface area (Å²) in [6, 6.07) is 15.1. The molecule has 23 heavy (non-hydrogen) atoms. The first kappa shape index (κ1) is 15.5. The molecule has 1 heterocycles. The highest BCUT2D eigenvalue weighted by atomic mass is 16.2. The highest BCUT2D eigenvalue weighted by Crippen LogP contribution is 2.34. The number of nitrogens with zero attached hydrogens (tertiary/aromatic N) is 2. The van der Waals surface area contributed by atoms with Crippen LogP contribution in [0.5, 0.6) is 0 Å². The van der Waals surface area contributed by atoms with E-state index in [1.807, 2.05) is 11.1 Å². The maximum absolute atomic E-state index is 11.9. The number of rotatable bonds is 2. The standard InChI is InChI=1S/C20H22N2O/c1-14-4-7-19-12-18(10-11-20(19)22(14)15(2)23)17-8-5-16(6-9-17)13-21-3/h5-6,8-14H,4,7H2,1-3H3/t14-/m0/s1. The summed E-state index contributed by atoms with van der Waals surface area (Å²) < 4.78 is 0. The van der Waals surface area contributed by atoms with Gasteiger partial charge in [0.15, 0.2) is 0 Å². The molecule has 1 aliphatic rings. The number of hydrogen-bond donors (Lipinski definition) is 0. The van der Waals surface area contributed by atoms with E-state index in [0.717, 1.165) is 24.1 Å². The van der Waals surface area contributed by atoms with Gasteiger partial charge in [0.2, 0.25) is 5.91 Å². The molecule has 0 N–H and O–H groups in total. The van der Waals surface area contributed by atoms with Crippen molar-refractivity contribution in [2.75, 3.05) is 11.9 Å². The Morgan fingerprint density at radius 2 is 1.87 bits per heavy atom. The Hall–Kier alpha value is -2.42. The molecule has 3 rings (SSSR count). The van der Waals surface area contributed by atoms with E-state index in [1.54, 1.807) is 14.0 Å². The van der Waals surface area contributed by atoms with Gasteiger partial charge in [-0.3, -0.25) is 9.79 Å². The molecule has 3 heteroatoms. The minimum atomic E-state index is 0.120. The van der Waals surface area contributed by atoms with Crippen LogP contribution >= 0.6 is 0 Å². The van der Waals surface area contributed by atoms with Gasteiger partial charge >= 0.3 is 0 Å². The van der Waals surface area contributed by atoms with Crippen LogP contribution in [-0.2, 0) is 11.2 Å². The van der Waals surface area contributed by atoms with Crippen LogP contribution in [0.3, 0.4) is 0 Å². The Balaban J connectivity index is 1.96. The van der Waals surface area contributed by atoms with Crippen LogP contribution in [0.4, 0.5) is 5.69 Å². The molecule has 0 aliphatic carbocycles. The Labute approximate surface area is 137 Å². The Morgan fingerprint density at radius 3 is 2.52 bits per heavy atom. The first-order chi connectivity index (χ1) is 11.1. The van der Waals surface area contributed by atoms with Crippen molar-refractivity contribution in [3.63, 3.8) is 0 Å². The van der Waals surface area contributed by atoms with Crippen molar-refractivity contribution in [2.24, 2.45) is 4.99 Å². The van der Waals surface area contributed by atoms with Crippen LogP contribution in [-0.4, -0.2) is 25.2 Å². The summed E-state index contributed by atoms with van der Waals surface area (Å²) in [6.07, 6.45) is 3.89. The molecule has 1 aliphatic heterocycles. The number of benzene rings is 2. The number of anilines is 1. The van der Waals surface area contributed by atoms with E-state index in [0.29, 0.717) is 0 Å². The average molecular weight is 306 g/mol. The lowest BCUT2D eigenvalue weighted by molar-refractivity contribution is -0.117. The number of aliphatic imine (C=N–C) groups is 1. The quantitative estimate of drug-likeness (QED) is 0.769. The third-order valence-corrected chi connectivity index (χ3v) is 4.47. The summed E-state index contributed by atoms with van der Waals surface area (Å²) >= 11 is 0. The van der Waals surface area contributed by atoms with Crippen LogP contribution in [0.1, 0.15) is 31.4 Å². The average Bonchev–Trinajstić information content (AvgIpc) is 2.55. The largest absolute Gasteiger partial charge is 0.310 e. The molecule has 3 nitrogen and oxygen atoms in total. The fourth-order valence-electron chi connectivity index (χ4n) is 3.32. The van der Waals surface area contributed by atoms with Crippen LogP contribution in [0.25, 0.3) is 11.1 Å². The van der Waals surface area contributed by atoms with E-state index in [4.69, 9.17) is 0 Å². The van der Waals surface area contributed by atoms with E-state index >= 15 is 0 Å². The molecule has 1 amide bonds. The van der Waals surface area contributed by atoms with Gasteiger partial charge < -0.3 is 4.90 Å².